The molecular formula is C12H13NO2S. The maximum atomic E-state index is 11.0. The molecule has 1 N–H and O–H groups in total. The van der Waals surface area contributed by atoms with Crippen molar-refractivity contribution in [2.45, 2.75) is 6.42 Å². The van der Waals surface area contributed by atoms with E-state index in [0.717, 1.165) is 24.3 Å². The van der Waals surface area contributed by atoms with Crippen molar-refractivity contribution in [1.82, 2.24) is 4.98 Å². The molecule has 0 saturated heterocycles. The minimum absolute atomic E-state index is 0.0153. The predicted octanol–water partition coefficient (Wildman–Crippen LogP) is 2.29. The molecule has 0 saturated carbocycles. The highest BCUT2D eigenvalue weighted by Crippen LogP contribution is 2.17. The molecule has 1 heterocycles. The van der Waals surface area contributed by atoms with E-state index < -0.39 is 0 Å². The van der Waals surface area contributed by atoms with Crippen LogP contribution >= 0.6 is 11.3 Å². The fraction of sp³-hybridized carbons (Fsp3) is 0.250. The van der Waals surface area contributed by atoms with Gasteiger partial charge in [-0.25, -0.2) is 0 Å². The molecule has 0 aliphatic heterocycles. The fourth-order valence-corrected chi connectivity index (χ4v) is 2.08. The van der Waals surface area contributed by atoms with E-state index in [4.69, 9.17) is 4.74 Å². The number of aromatic amines is 1. The summed E-state index contributed by atoms with van der Waals surface area (Å²) in [6.45, 7) is 0.731. The summed E-state index contributed by atoms with van der Waals surface area (Å²) in [5.41, 5.74) is 3.16. The van der Waals surface area contributed by atoms with Crippen LogP contribution in [0.1, 0.15) is 5.56 Å². The first-order chi connectivity index (χ1) is 7.79. The first kappa shape index (κ1) is 11.1. The number of hydrogen-bond donors (Lipinski definition) is 1. The Labute approximate surface area is 97.7 Å². The van der Waals surface area contributed by atoms with Gasteiger partial charge in [-0.2, -0.15) is 0 Å². The topological polar surface area (TPSA) is 42.1 Å². The Morgan fingerprint density at radius 2 is 2.06 bits per heavy atom. The Balaban J connectivity index is 2.16. The minimum atomic E-state index is -0.0153. The molecule has 0 bridgehead atoms. The molecule has 1 aromatic heterocycles. The maximum absolute atomic E-state index is 11.0. The van der Waals surface area contributed by atoms with Gasteiger partial charge in [0.1, 0.15) is 0 Å². The van der Waals surface area contributed by atoms with Crippen LogP contribution in [0.2, 0.25) is 0 Å². The molecule has 0 spiro atoms. The van der Waals surface area contributed by atoms with Crippen LogP contribution in [-0.4, -0.2) is 18.7 Å². The van der Waals surface area contributed by atoms with E-state index >= 15 is 0 Å². The lowest BCUT2D eigenvalue weighted by Gasteiger charge is -2.02. The zero-order chi connectivity index (χ0) is 11.4. The summed E-state index contributed by atoms with van der Waals surface area (Å²) >= 11 is 1.19. The molecule has 3 nitrogen and oxygen atoms in total. The van der Waals surface area contributed by atoms with Crippen molar-refractivity contribution in [2.24, 2.45) is 0 Å². The quantitative estimate of drug-likeness (QED) is 0.883. The largest absolute Gasteiger partial charge is 0.384 e. The molecule has 0 unspecified atom stereocenters. The van der Waals surface area contributed by atoms with E-state index in [1.54, 1.807) is 7.11 Å². The van der Waals surface area contributed by atoms with E-state index in [0.29, 0.717) is 0 Å². The van der Waals surface area contributed by atoms with Gasteiger partial charge in [0.15, 0.2) is 0 Å². The third-order valence-electron chi connectivity index (χ3n) is 2.38. The molecule has 4 heteroatoms. The van der Waals surface area contributed by atoms with Crippen molar-refractivity contribution in [2.75, 3.05) is 13.7 Å². The summed E-state index contributed by atoms with van der Waals surface area (Å²) in [6, 6.07) is 8.15. The second kappa shape index (κ2) is 5.09. The SMILES string of the molecule is COCCc1ccc(-c2csc(=O)[nH]2)cc1. The van der Waals surface area contributed by atoms with Gasteiger partial charge in [-0.3, -0.25) is 4.79 Å². The number of H-pyrrole nitrogens is 1. The van der Waals surface area contributed by atoms with Gasteiger partial charge in [-0.15, -0.1) is 0 Å². The number of benzene rings is 1. The van der Waals surface area contributed by atoms with E-state index in [1.165, 1.54) is 16.9 Å². The number of rotatable bonds is 4. The van der Waals surface area contributed by atoms with Gasteiger partial charge in [-0.1, -0.05) is 35.6 Å². The number of hydrogen-bond acceptors (Lipinski definition) is 3. The van der Waals surface area contributed by atoms with Crippen LogP contribution in [-0.2, 0) is 11.2 Å². The first-order valence-corrected chi connectivity index (χ1v) is 5.93. The summed E-state index contributed by atoms with van der Waals surface area (Å²) < 4.78 is 5.02. The third-order valence-corrected chi connectivity index (χ3v) is 3.05. The van der Waals surface area contributed by atoms with Crippen LogP contribution in [0.3, 0.4) is 0 Å². The molecule has 0 amide bonds. The highest BCUT2D eigenvalue weighted by atomic mass is 32.1. The molecule has 84 valence electrons. The zero-order valence-electron chi connectivity index (χ0n) is 9.03. The highest BCUT2D eigenvalue weighted by Gasteiger charge is 2.00. The second-order valence-corrected chi connectivity index (χ2v) is 4.34. The fourth-order valence-electron chi connectivity index (χ4n) is 1.49. The van der Waals surface area contributed by atoms with Gasteiger partial charge < -0.3 is 9.72 Å². The summed E-state index contributed by atoms with van der Waals surface area (Å²) in [7, 11) is 1.70. The predicted molar refractivity (Wildman–Crippen MR) is 66.0 cm³/mol. The first-order valence-electron chi connectivity index (χ1n) is 5.05. The summed E-state index contributed by atoms with van der Waals surface area (Å²) in [5, 5.41) is 1.84. The highest BCUT2D eigenvalue weighted by molar-refractivity contribution is 7.07. The number of nitrogens with one attached hydrogen (secondary N) is 1. The van der Waals surface area contributed by atoms with Gasteiger partial charge in [-0.05, 0) is 17.5 Å². The molecule has 0 aliphatic carbocycles. The molecule has 16 heavy (non-hydrogen) atoms. The van der Waals surface area contributed by atoms with E-state index in [1.807, 2.05) is 17.5 Å². The van der Waals surface area contributed by atoms with Crippen LogP contribution in [0.5, 0.6) is 0 Å². The molecule has 1 aromatic carbocycles. The zero-order valence-corrected chi connectivity index (χ0v) is 9.84. The molecule has 2 aromatic rings. The number of methoxy groups -OCH3 is 1. The van der Waals surface area contributed by atoms with Crippen molar-refractivity contribution >= 4 is 11.3 Å². The summed E-state index contributed by atoms with van der Waals surface area (Å²) in [5.74, 6) is 0. The molecule has 0 radical (unpaired) electrons. The lowest BCUT2D eigenvalue weighted by molar-refractivity contribution is 0.202. The van der Waals surface area contributed by atoms with Crippen molar-refractivity contribution in [1.29, 1.82) is 0 Å². The van der Waals surface area contributed by atoms with Crippen LogP contribution in [0, 0.1) is 0 Å². The monoisotopic (exact) mass is 235 g/mol. The third kappa shape index (κ3) is 2.59. The molecular weight excluding hydrogens is 222 g/mol. The average Bonchev–Trinajstić information content (AvgIpc) is 2.74. The normalized spacial score (nSPS) is 10.6. The van der Waals surface area contributed by atoms with E-state index in [9.17, 15) is 4.79 Å². The average molecular weight is 235 g/mol. The van der Waals surface area contributed by atoms with Crippen molar-refractivity contribution in [3.05, 3.63) is 44.9 Å². The summed E-state index contributed by atoms with van der Waals surface area (Å²) in [4.78, 5) is 13.8. The van der Waals surface area contributed by atoms with Crippen LogP contribution in [0.15, 0.2) is 34.4 Å². The minimum Gasteiger partial charge on any atom is -0.384 e. The second-order valence-electron chi connectivity index (χ2n) is 3.50. The van der Waals surface area contributed by atoms with Crippen LogP contribution < -0.4 is 4.87 Å². The lowest BCUT2D eigenvalue weighted by atomic mass is 10.1. The van der Waals surface area contributed by atoms with Gasteiger partial charge in [0, 0.05) is 12.5 Å². The van der Waals surface area contributed by atoms with Gasteiger partial charge >= 0.3 is 4.87 Å². The number of ether oxygens (including phenoxy) is 1. The Hall–Kier alpha value is -1.39. The standard InChI is InChI=1S/C12H13NO2S/c1-15-7-6-9-2-4-10(5-3-9)11-8-16-12(14)13-11/h2-5,8H,6-7H2,1H3,(H,13,14). The molecule has 0 atom stereocenters. The Morgan fingerprint density at radius 3 is 2.62 bits per heavy atom. The van der Waals surface area contributed by atoms with Gasteiger partial charge in [0.2, 0.25) is 0 Å². The van der Waals surface area contributed by atoms with Crippen LogP contribution in [0.25, 0.3) is 11.3 Å². The van der Waals surface area contributed by atoms with E-state index in [-0.39, 0.29) is 4.87 Å². The van der Waals surface area contributed by atoms with Crippen molar-refractivity contribution in [3.63, 3.8) is 0 Å². The summed E-state index contributed by atoms with van der Waals surface area (Å²) in [6.07, 6.45) is 0.914. The Kier molecular flexibility index (Phi) is 3.54. The van der Waals surface area contributed by atoms with E-state index in [2.05, 4.69) is 17.1 Å². The molecule has 2 rings (SSSR count). The Morgan fingerprint density at radius 1 is 1.31 bits per heavy atom. The van der Waals surface area contributed by atoms with Crippen LogP contribution in [0.4, 0.5) is 0 Å². The van der Waals surface area contributed by atoms with Gasteiger partial charge in [0.05, 0.1) is 12.3 Å². The Bertz CT molecular complexity index is 498. The number of thiazole rings is 1. The van der Waals surface area contributed by atoms with Gasteiger partial charge in [0.25, 0.3) is 0 Å². The lowest BCUT2D eigenvalue weighted by Crippen LogP contribution is -1.95. The number of aromatic nitrogens is 1. The van der Waals surface area contributed by atoms with Crippen molar-refractivity contribution in [3.8, 4) is 11.3 Å². The molecule has 0 aliphatic rings. The maximum Gasteiger partial charge on any atom is 0.304 e. The van der Waals surface area contributed by atoms with Crippen molar-refractivity contribution < 1.29 is 4.74 Å². The molecule has 0 fully saturated rings. The smallest absolute Gasteiger partial charge is 0.304 e.